The van der Waals surface area contributed by atoms with Gasteiger partial charge >= 0.3 is 0 Å². The molecule has 0 radical (unpaired) electrons. The molecule has 2 aliphatic heterocycles. The highest BCUT2D eigenvalue weighted by Gasteiger charge is 2.32. The van der Waals surface area contributed by atoms with E-state index in [0.29, 0.717) is 0 Å². The Kier molecular flexibility index (Phi) is 2.35. The standard InChI is InChI=1S/C11H15N3S/c12-11-14(13-7-3-4-8-13)9-5-1-2-6-10(9)15-11/h1-2,5-6,11H,3-4,7-8,12H2. The quantitative estimate of drug-likeness (QED) is 0.784. The summed E-state index contributed by atoms with van der Waals surface area (Å²) in [5.74, 6) is 0. The van der Waals surface area contributed by atoms with Crippen LogP contribution in [0.1, 0.15) is 12.8 Å². The van der Waals surface area contributed by atoms with Crippen molar-refractivity contribution in [2.75, 3.05) is 18.1 Å². The van der Waals surface area contributed by atoms with E-state index in [1.807, 2.05) is 0 Å². The van der Waals surface area contributed by atoms with Crippen LogP contribution in [-0.4, -0.2) is 23.6 Å². The van der Waals surface area contributed by atoms with Gasteiger partial charge in [-0.2, -0.15) is 0 Å². The Labute approximate surface area is 94.2 Å². The molecule has 2 N–H and O–H groups in total. The molecule has 2 aliphatic rings. The predicted octanol–water partition coefficient (Wildman–Crippen LogP) is 1.85. The van der Waals surface area contributed by atoms with Crippen molar-refractivity contribution in [2.24, 2.45) is 5.73 Å². The topological polar surface area (TPSA) is 32.5 Å². The molecular weight excluding hydrogens is 206 g/mol. The van der Waals surface area contributed by atoms with E-state index in [-0.39, 0.29) is 5.50 Å². The zero-order chi connectivity index (χ0) is 10.3. The fraction of sp³-hybridized carbons (Fsp3) is 0.455. The van der Waals surface area contributed by atoms with E-state index in [4.69, 9.17) is 5.73 Å². The minimum absolute atomic E-state index is 0.0560. The second-order valence-corrected chi connectivity index (χ2v) is 5.14. The van der Waals surface area contributed by atoms with Crippen LogP contribution in [-0.2, 0) is 0 Å². The third kappa shape index (κ3) is 1.53. The van der Waals surface area contributed by atoms with E-state index in [0.717, 1.165) is 13.1 Å². The summed E-state index contributed by atoms with van der Waals surface area (Å²) in [6.45, 7) is 2.28. The number of thioether (sulfide) groups is 1. The Hall–Kier alpha value is -0.710. The lowest BCUT2D eigenvalue weighted by molar-refractivity contribution is 0.302. The lowest BCUT2D eigenvalue weighted by atomic mass is 10.3. The largest absolute Gasteiger partial charge is 0.301 e. The molecule has 1 fully saturated rings. The first-order valence-electron chi connectivity index (χ1n) is 5.41. The Morgan fingerprint density at radius 1 is 1.20 bits per heavy atom. The fourth-order valence-electron chi connectivity index (χ4n) is 2.29. The van der Waals surface area contributed by atoms with Gasteiger partial charge in [-0.3, -0.25) is 5.01 Å². The third-order valence-corrected chi connectivity index (χ3v) is 4.03. The van der Waals surface area contributed by atoms with Gasteiger partial charge in [0.05, 0.1) is 5.69 Å². The van der Waals surface area contributed by atoms with Gasteiger partial charge in [0.2, 0.25) is 0 Å². The number of benzene rings is 1. The number of anilines is 1. The molecule has 1 saturated heterocycles. The highest BCUT2D eigenvalue weighted by Crippen LogP contribution is 2.42. The lowest BCUT2D eigenvalue weighted by Crippen LogP contribution is -2.48. The van der Waals surface area contributed by atoms with Gasteiger partial charge in [-0.1, -0.05) is 23.9 Å². The highest BCUT2D eigenvalue weighted by atomic mass is 32.2. The molecule has 1 aromatic carbocycles. The second kappa shape index (κ2) is 3.70. The van der Waals surface area contributed by atoms with Gasteiger partial charge in [0, 0.05) is 18.0 Å². The number of nitrogens with two attached hydrogens (primary N) is 1. The van der Waals surface area contributed by atoms with Crippen LogP contribution in [0.4, 0.5) is 5.69 Å². The van der Waals surface area contributed by atoms with Crippen LogP contribution in [0.15, 0.2) is 29.2 Å². The zero-order valence-corrected chi connectivity index (χ0v) is 9.41. The molecule has 15 heavy (non-hydrogen) atoms. The van der Waals surface area contributed by atoms with Crippen LogP contribution in [0, 0.1) is 0 Å². The third-order valence-electron chi connectivity index (χ3n) is 2.99. The van der Waals surface area contributed by atoms with E-state index in [1.54, 1.807) is 11.8 Å². The Morgan fingerprint density at radius 3 is 2.73 bits per heavy atom. The molecule has 0 aromatic heterocycles. The fourth-order valence-corrected chi connectivity index (χ4v) is 3.34. The molecule has 1 unspecified atom stereocenters. The second-order valence-electron chi connectivity index (χ2n) is 3.98. The van der Waals surface area contributed by atoms with Gasteiger partial charge < -0.3 is 5.73 Å². The van der Waals surface area contributed by atoms with E-state index in [1.165, 1.54) is 23.4 Å². The summed E-state index contributed by atoms with van der Waals surface area (Å²) >= 11 is 1.75. The van der Waals surface area contributed by atoms with Gasteiger partial charge in [0.25, 0.3) is 0 Å². The van der Waals surface area contributed by atoms with Gasteiger partial charge in [-0.15, -0.1) is 0 Å². The monoisotopic (exact) mass is 221 g/mol. The molecule has 0 spiro atoms. The first-order valence-corrected chi connectivity index (χ1v) is 6.29. The predicted molar refractivity (Wildman–Crippen MR) is 63.6 cm³/mol. The summed E-state index contributed by atoms with van der Waals surface area (Å²) in [5, 5.41) is 4.64. The summed E-state index contributed by atoms with van der Waals surface area (Å²) in [6.07, 6.45) is 2.58. The van der Waals surface area contributed by atoms with Crippen molar-refractivity contribution in [3.05, 3.63) is 24.3 Å². The van der Waals surface area contributed by atoms with Crippen LogP contribution in [0.3, 0.4) is 0 Å². The van der Waals surface area contributed by atoms with Crippen molar-refractivity contribution in [1.29, 1.82) is 0 Å². The summed E-state index contributed by atoms with van der Waals surface area (Å²) in [5.41, 5.74) is 7.49. The van der Waals surface area contributed by atoms with Crippen molar-refractivity contribution in [3.63, 3.8) is 0 Å². The summed E-state index contributed by atoms with van der Waals surface area (Å²) in [4.78, 5) is 1.30. The van der Waals surface area contributed by atoms with Crippen LogP contribution >= 0.6 is 11.8 Å². The number of hydrogen-bond donors (Lipinski definition) is 1. The molecule has 0 amide bonds. The Bertz CT molecular complexity index is 363. The van der Waals surface area contributed by atoms with Crippen molar-refractivity contribution in [3.8, 4) is 0 Å². The van der Waals surface area contributed by atoms with Crippen LogP contribution in [0.5, 0.6) is 0 Å². The maximum Gasteiger partial charge on any atom is 0.145 e. The SMILES string of the molecule is NC1Sc2ccccc2N1N1CCCC1. The van der Waals surface area contributed by atoms with Crippen molar-refractivity contribution >= 4 is 17.4 Å². The average Bonchev–Trinajstić information content (AvgIpc) is 2.82. The summed E-state index contributed by atoms with van der Waals surface area (Å²) in [7, 11) is 0. The number of hydrazine groups is 1. The van der Waals surface area contributed by atoms with Crippen LogP contribution in [0.2, 0.25) is 0 Å². The molecule has 3 rings (SSSR count). The first-order chi connectivity index (χ1) is 7.36. The highest BCUT2D eigenvalue weighted by molar-refractivity contribution is 8.00. The van der Waals surface area contributed by atoms with E-state index < -0.39 is 0 Å². The molecule has 0 aliphatic carbocycles. The van der Waals surface area contributed by atoms with E-state index in [2.05, 4.69) is 34.3 Å². The van der Waals surface area contributed by atoms with E-state index >= 15 is 0 Å². The van der Waals surface area contributed by atoms with Crippen molar-refractivity contribution in [2.45, 2.75) is 23.2 Å². The summed E-state index contributed by atoms with van der Waals surface area (Å²) < 4.78 is 0. The molecule has 4 heteroatoms. The average molecular weight is 221 g/mol. The number of hydrogen-bond acceptors (Lipinski definition) is 4. The maximum atomic E-state index is 6.16. The van der Waals surface area contributed by atoms with Crippen molar-refractivity contribution in [1.82, 2.24) is 5.01 Å². The van der Waals surface area contributed by atoms with Gasteiger partial charge in [-0.25, -0.2) is 5.01 Å². The number of fused-ring (bicyclic) bond motifs is 1. The molecule has 1 atom stereocenters. The molecule has 80 valence electrons. The molecule has 3 nitrogen and oxygen atoms in total. The summed E-state index contributed by atoms with van der Waals surface area (Å²) in [6, 6.07) is 8.47. The van der Waals surface area contributed by atoms with Crippen molar-refractivity contribution < 1.29 is 0 Å². The van der Waals surface area contributed by atoms with Gasteiger partial charge in [-0.05, 0) is 25.0 Å². The zero-order valence-electron chi connectivity index (χ0n) is 8.60. The molecule has 1 aromatic rings. The number of nitrogens with zero attached hydrogens (tertiary/aromatic N) is 2. The minimum atomic E-state index is 0.0560. The molecule has 0 bridgehead atoms. The minimum Gasteiger partial charge on any atom is -0.301 e. The Balaban J connectivity index is 1.94. The van der Waals surface area contributed by atoms with E-state index in [9.17, 15) is 0 Å². The molecule has 2 heterocycles. The Morgan fingerprint density at radius 2 is 1.93 bits per heavy atom. The number of para-hydroxylation sites is 1. The van der Waals surface area contributed by atoms with Gasteiger partial charge in [0.15, 0.2) is 0 Å². The number of rotatable bonds is 1. The molecular formula is C11H15N3S. The van der Waals surface area contributed by atoms with Gasteiger partial charge in [0.1, 0.15) is 5.50 Å². The normalized spacial score (nSPS) is 25.9. The lowest BCUT2D eigenvalue weighted by Gasteiger charge is -2.32. The van der Waals surface area contributed by atoms with Crippen LogP contribution < -0.4 is 10.7 Å². The first kappa shape index (κ1) is 9.51. The van der Waals surface area contributed by atoms with Crippen LogP contribution in [0.25, 0.3) is 0 Å². The maximum absolute atomic E-state index is 6.16. The molecule has 0 saturated carbocycles. The smallest absolute Gasteiger partial charge is 0.145 e.